The molecule has 0 aliphatic heterocycles. The van der Waals surface area contributed by atoms with Crippen molar-refractivity contribution in [1.29, 1.82) is 0 Å². The third-order valence-corrected chi connectivity index (χ3v) is 10.8. The zero-order valence-corrected chi connectivity index (χ0v) is 35.2. The highest BCUT2D eigenvalue weighted by atomic mass is 16.3. The summed E-state index contributed by atoms with van der Waals surface area (Å²) in [7, 11) is 0. The topological polar surface area (TPSA) is 63.8 Å². The van der Waals surface area contributed by atoms with E-state index in [9.17, 15) is 5.11 Å². The number of phenolic OH excluding ortho intramolecular Hbond substituents is 1. The SMILES string of the molecule is CC(C)(C)c1cc(-c2cc(-c3ccccn3)cc(-c3cncc4c3nc(-c3cc(C(C)(C)C)cc(C(C)(C)C)c3O)n4-c3ccccc3)c2)cc(C(C)(C)C)c1. The largest absolute Gasteiger partial charge is 0.507 e. The lowest BCUT2D eigenvalue weighted by atomic mass is 9.78. The fourth-order valence-electron chi connectivity index (χ4n) is 7.33. The van der Waals surface area contributed by atoms with Crippen molar-refractivity contribution >= 4 is 11.0 Å². The molecule has 3 heterocycles. The average Bonchev–Trinajstić information content (AvgIpc) is 3.53. The number of aromatic hydroxyl groups is 1. The number of phenols is 1. The van der Waals surface area contributed by atoms with Crippen LogP contribution in [0.1, 0.15) is 105 Å². The van der Waals surface area contributed by atoms with Gasteiger partial charge in [-0.05, 0) is 104 Å². The standard InChI is InChI=1S/C51H56N4O/c1-48(2,3)36-25-33(26-37(27-36)49(4,5)6)32-22-34(24-35(23-32)43-20-16-17-21-53-43)41-30-52-31-44-45(41)54-47(55(44)39-18-14-13-15-19-39)40-28-38(50(7,8)9)29-42(46(40)56)51(10,11)12/h13-31,56H,1-12H3. The monoisotopic (exact) mass is 740 g/mol. The van der Waals surface area contributed by atoms with Crippen LogP contribution in [0, 0.1) is 0 Å². The van der Waals surface area contributed by atoms with E-state index in [2.05, 4.69) is 154 Å². The van der Waals surface area contributed by atoms with Crippen molar-refractivity contribution < 1.29 is 5.11 Å². The van der Waals surface area contributed by atoms with E-state index in [4.69, 9.17) is 15.0 Å². The summed E-state index contributed by atoms with van der Waals surface area (Å²) in [6.07, 6.45) is 5.66. The fraction of sp³-hybridized carbons (Fsp3) is 0.314. The van der Waals surface area contributed by atoms with Crippen molar-refractivity contribution in [2.45, 2.75) is 105 Å². The smallest absolute Gasteiger partial charge is 0.149 e. The van der Waals surface area contributed by atoms with E-state index in [0.717, 1.165) is 61.4 Å². The van der Waals surface area contributed by atoms with Crippen LogP contribution in [0.2, 0.25) is 0 Å². The van der Waals surface area contributed by atoms with Crippen molar-refractivity contribution in [3.8, 4) is 56.3 Å². The van der Waals surface area contributed by atoms with Crippen LogP contribution in [-0.4, -0.2) is 24.6 Å². The Morgan fingerprint density at radius 3 is 1.68 bits per heavy atom. The van der Waals surface area contributed by atoms with Gasteiger partial charge in [-0.3, -0.25) is 14.5 Å². The van der Waals surface area contributed by atoms with Gasteiger partial charge in [0.15, 0.2) is 0 Å². The third-order valence-electron chi connectivity index (χ3n) is 10.8. The Morgan fingerprint density at radius 1 is 0.518 bits per heavy atom. The third kappa shape index (κ3) is 7.52. The molecule has 3 aromatic heterocycles. The number of hydrogen-bond acceptors (Lipinski definition) is 4. The molecule has 7 aromatic rings. The first-order valence-corrected chi connectivity index (χ1v) is 19.7. The van der Waals surface area contributed by atoms with Crippen molar-refractivity contribution in [2.24, 2.45) is 0 Å². The maximum Gasteiger partial charge on any atom is 0.149 e. The van der Waals surface area contributed by atoms with Crippen LogP contribution in [0.5, 0.6) is 5.75 Å². The van der Waals surface area contributed by atoms with E-state index in [1.165, 1.54) is 11.1 Å². The van der Waals surface area contributed by atoms with Gasteiger partial charge in [0.1, 0.15) is 17.1 Å². The molecule has 0 spiro atoms. The van der Waals surface area contributed by atoms with Crippen LogP contribution >= 0.6 is 0 Å². The minimum absolute atomic E-state index is 0.0314. The number of imidazole rings is 1. The maximum absolute atomic E-state index is 12.2. The molecular formula is C51H56N4O. The molecule has 0 unspecified atom stereocenters. The highest BCUT2D eigenvalue weighted by Crippen LogP contribution is 2.45. The van der Waals surface area contributed by atoms with E-state index in [1.807, 2.05) is 48.9 Å². The summed E-state index contributed by atoms with van der Waals surface area (Å²) in [6.45, 7) is 26.8. The number of hydrogen-bond donors (Lipinski definition) is 1. The van der Waals surface area contributed by atoms with Gasteiger partial charge in [0.25, 0.3) is 0 Å². The van der Waals surface area contributed by atoms with Crippen LogP contribution in [0.4, 0.5) is 0 Å². The van der Waals surface area contributed by atoms with Gasteiger partial charge in [0.2, 0.25) is 0 Å². The Morgan fingerprint density at radius 2 is 1.09 bits per heavy atom. The highest BCUT2D eigenvalue weighted by Gasteiger charge is 2.29. The number of fused-ring (bicyclic) bond motifs is 1. The van der Waals surface area contributed by atoms with Crippen molar-refractivity contribution in [3.63, 3.8) is 0 Å². The molecule has 5 nitrogen and oxygen atoms in total. The molecule has 1 N–H and O–H groups in total. The van der Waals surface area contributed by atoms with Gasteiger partial charge in [-0.25, -0.2) is 4.98 Å². The van der Waals surface area contributed by atoms with Crippen LogP contribution < -0.4 is 0 Å². The van der Waals surface area contributed by atoms with Gasteiger partial charge in [-0.2, -0.15) is 0 Å². The van der Waals surface area contributed by atoms with Crippen LogP contribution in [0.15, 0.2) is 116 Å². The normalized spacial score (nSPS) is 12.7. The first-order valence-electron chi connectivity index (χ1n) is 19.7. The van der Waals surface area contributed by atoms with Gasteiger partial charge in [0, 0.05) is 34.8 Å². The first-order chi connectivity index (χ1) is 26.2. The number of benzene rings is 4. The molecule has 0 aliphatic rings. The van der Waals surface area contributed by atoms with Gasteiger partial charge in [-0.15, -0.1) is 0 Å². The average molecular weight is 741 g/mol. The molecule has 0 radical (unpaired) electrons. The summed E-state index contributed by atoms with van der Waals surface area (Å²) in [6, 6.07) is 34.4. The molecule has 56 heavy (non-hydrogen) atoms. The Kier molecular flexibility index (Phi) is 9.60. The van der Waals surface area contributed by atoms with Crippen LogP contribution in [0.3, 0.4) is 0 Å². The van der Waals surface area contributed by atoms with E-state index < -0.39 is 0 Å². The molecule has 0 saturated carbocycles. The lowest BCUT2D eigenvalue weighted by Crippen LogP contribution is -2.17. The summed E-state index contributed by atoms with van der Waals surface area (Å²) in [4.78, 5) is 15.2. The second-order valence-electron chi connectivity index (χ2n) is 19.4. The number of nitrogens with zero attached hydrogens (tertiary/aromatic N) is 4. The quantitative estimate of drug-likeness (QED) is 0.191. The van der Waals surface area contributed by atoms with Crippen molar-refractivity contribution in [2.75, 3.05) is 0 Å². The molecule has 0 fully saturated rings. The second kappa shape index (κ2) is 13.9. The van der Waals surface area contributed by atoms with E-state index in [-0.39, 0.29) is 27.4 Å². The molecule has 0 aliphatic carbocycles. The number of pyridine rings is 2. The molecule has 286 valence electrons. The summed E-state index contributed by atoms with van der Waals surface area (Å²) < 4.78 is 2.14. The molecule has 0 saturated heterocycles. The summed E-state index contributed by atoms with van der Waals surface area (Å²) in [5.41, 5.74) is 13.5. The summed E-state index contributed by atoms with van der Waals surface area (Å²) >= 11 is 0. The second-order valence-corrected chi connectivity index (χ2v) is 19.4. The highest BCUT2D eigenvalue weighted by molar-refractivity contribution is 5.97. The van der Waals surface area contributed by atoms with Crippen molar-refractivity contribution in [3.05, 3.63) is 138 Å². The van der Waals surface area contributed by atoms with E-state index >= 15 is 0 Å². The lowest BCUT2D eigenvalue weighted by Gasteiger charge is -2.27. The fourth-order valence-corrected chi connectivity index (χ4v) is 7.33. The molecule has 0 bridgehead atoms. The summed E-state index contributed by atoms with van der Waals surface area (Å²) in [5.74, 6) is 0.920. The van der Waals surface area contributed by atoms with Gasteiger partial charge in [-0.1, -0.05) is 132 Å². The zero-order valence-electron chi connectivity index (χ0n) is 35.2. The molecule has 7 rings (SSSR count). The number of aromatic nitrogens is 4. The van der Waals surface area contributed by atoms with Crippen LogP contribution in [-0.2, 0) is 21.7 Å². The minimum atomic E-state index is -0.296. The Labute approximate surface area is 333 Å². The lowest BCUT2D eigenvalue weighted by molar-refractivity contribution is 0.446. The van der Waals surface area contributed by atoms with Crippen molar-refractivity contribution in [1.82, 2.24) is 19.5 Å². The van der Waals surface area contributed by atoms with E-state index in [0.29, 0.717) is 11.4 Å². The van der Waals surface area contributed by atoms with Gasteiger partial charge in [0.05, 0.1) is 23.0 Å². The molecular weight excluding hydrogens is 685 g/mol. The van der Waals surface area contributed by atoms with Gasteiger partial charge >= 0.3 is 0 Å². The molecule has 4 aromatic carbocycles. The molecule has 0 amide bonds. The number of para-hydroxylation sites is 1. The predicted molar refractivity (Wildman–Crippen MR) is 235 cm³/mol. The molecule has 0 atom stereocenters. The molecule has 5 heteroatoms. The minimum Gasteiger partial charge on any atom is -0.507 e. The maximum atomic E-state index is 12.2. The number of rotatable bonds is 5. The Hall–Kier alpha value is -5.55. The first kappa shape index (κ1) is 38.7. The zero-order chi connectivity index (χ0) is 40.4. The Balaban J connectivity index is 1.56. The van der Waals surface area contributed by atoms with E-state index in [1.54, 1.807) is 0 Å². The Bertz CT molecular complexity index is 2520. The van der Waals surface area contributed by atoms with Gasteiger partial charge < -0.3 is 5.11 Å². The summed E-state index contributed by atoms with van der Waals surface area (Å²) in [5, 5.41) is 12.2. The predicted octanol–water partition coefficient (Wildman–Crippen LogP) is 13.4. The van der Waals surface area contributed by atoms with Crippen LogP contribution in [0.25, 0.3) is 61.6 Å².